The molecule has 0 radical (unpaired) electrons. The van der Waals surface area contributed by atoms with Gasteiger partial charge in [0, 0.05) is 43.5 Å². The second-order valence-corrected chi connectivity index (χ2v) is 8.82. The summed E-state index contributed by atoms with van der Waals surface area (Å²) in [7, 11) is 3.66. The lowest BCUT2D eigenvalue weighted by molar-refractivity contribution is 0.0730. The molecule has 0 spiro atoms. The van der Waals surface area contributed by atoms with E-state index in [0.29, 0.717) is 12.0 Å². The molecule has 1 heterocycles. The van der Waals surface area contributed by atoms with Crippen LogP contribution in [0.3, 0.4) is 0 Å². The second-order valence-electron chi connectivity index (χ2n) is 8.82. The molecule has 0 aliphatic heterocycles. The van der Waals surface area contributed by atoms with E-state index in [1.807, 2.05) is 31.1 Å². The maximum absolute atomic E-state index is 15.1. The fourth-order valence-electron chi connectivity index (χ4n) is 3.90. The lowest BCUT2D eigenvalue weighted by Gasteiger charge is -2.16. The number of Topliss-reactive ketones (excluding diaryl/α,β-unsaturated/α-hetero) is 1. The fourth-order valence-corrected chi connectivity index (χ4v) is 3.90. The van der Waals surface area contributed by atoms with Gasteiger partial charge in [-0.25, -0.2) is 19.0 Å². The van der Waals surface area contributed by atoms with Gasteiger partial charge in [0.25, 0.3) is 0 Å². The normalized spacial score (nSPS) is 15.8. The molecule has 2 aromatic carbocycles. The van der Waals surface area contributed by atoms with Crippen LogP contribution in [0, 0.1) is 17.1 Å². The van der Waals surface area contributed by atoms with E-state index in [0.717, 1.165) is 11.8 Å². The van der Waals surface area contributed by atoms with Crippen molar-refractivity contribution in [2.75, 3.05) is 24.3 Å². The molecule has 188 valence electrons. The highest BCUT2D eigenvalue weighted by atomic mass is 19.1. The van der Waals surface area contributed by atoms with Crippen molar-refractivity contribution in [1.29, 1.82) is 5.26 Å². The monoisotopic (exact) mass is 501 g/mol. The molecule has 2 atom stereocenters. The molecule has 1 aromatic heterocycles. The van der Waals surface area contributed by atoms with Crippen LogP contribution in [0.5, 0.6) is 5.75 Å². The Morgan fingerprint density at radius 3 is 2.59 bits per heavy atom. The van der Waals surface area contributed by atoms with Crippen LogP contribution in [0.25, 0.3) is 0 Å². The maximum atomic E-state index is 15.1. The number of pyridine rings is 1. The van der Waals surface area contributed by atoms with Crippen molar-refractivity contribution in [2.24, 2.45) is 0 Å². The zero-order valence-electron chi connectivity index (χ0n) is 20.4. The van der Waals surface area contributed by atoms with Crippen molar-refractivity contribution in [3.63, 3.8) is 0 Å². The van der Waals surface area contributed by atoms with E-state index >= 15 is 4.39 Å². The highest BCUT2D eigenvalue weighted by molar-refractivity contribution is 6.00. The average molecular weight is 502 g/mol. The first-order valence-electron chi connectivity index (χ1n) is 11.4. The zero-order chi connectivity index (χ0) is 26.7. The number of esters is 1. The first kappa shape index (κ1) is 25.3. The number of anilines is 2. The molecule has 10 heteroatoms. The predicted octanol–water partition coefficient (Wildman–Crippen LogP) is 4.26. The largest absolute Gasteiger partial charge is 0.422 e. The number of aromatic nitrogens is 1. The number of nitrogens with zero attached hydrogens (tertiary/aromatic N) is 3. The topological polar surface area (TPSA) is 124 Å². The summed E-state index contributed by atoms with van der Waals surface area (Å²) in [6, 6.07) is 13.1. The molecule has 0 saturated heterocycles. The summed E-state index contributed by atoms with van der Waals surface area (Å²) in [4.78, 5) is 43.5. The molecular weight excluding hydrogens is 477 g/mol. The van der Waals surface area contributed by atoms with Crippen molar-refractivity contribution < 1.29 is 23.5 Å². The molecule has 2 N–H and O–H groups in total. The van der Waals surface area contributed by atoms with E-state index in [1.54, 1.807) is 18.2 Å². The van der Waals surface area contributed by atoms with Crippen molar-refractivity contribution in [3.8, 4) is 11.8 Å². The van der Waals surface area contributed by atoms with Crippen molar-refractivity contribution in [2.45, 2.75) is 25.3 Å². The molecule has 2 amide bonds. The van der Waals surface area contributed by atoms with Crippen LogP contribution in [-0.4, -0.2) is 42.9 Å². The van der Waals surface area contributed by atoms with Crippen LogP contribution in [-0.2, 0) is 0 Å². The number of amides is 2. The second kappa shape index (κ2) is 10.5. The fraction of sp³-hybridized carbons (Fsp3) is 0.222. The van der Waals surface area contributed by atoms with Gasteiger partial charge in [0.05, 0.1) is 16.7 Å². The van der Waals surface area contributed by atoms with Crippen molar-refractivity contribution in [3.05, 3.63) is 82.8 Å². The number of halogens is 1. The third kappa shape index (κ3) is 5.73. The Morgan fingerprint density at radius 2 is 1.95 bits per heavy atom. The lowest BCUT2D eigenvalue weighted by atomic mass is 10.0. The minimum Gasteiger partial charge on any atom is -0.422 e. The Bertz CT molecular complexity index is 1420. The third-order valence-electron chi connectivity index (χ3n) is 5.93. The zero-order valence-corrected chi connectivity index (χ0v) is 20.4. The van der Waals surface area contributed by atoms with Gasteiger partial charge in [-0.15, -0.1) is 0 Å². The summed E-state index contributed by atoms with van der Waals surface area (Å²) < 4.78 is 20.7. The molecule has 3 aromatic rings. The number of ether oxygens (including phenoxy) is 1. The van der Waals surface area contributed by atoms with Crippen LogP contribution >= 0.6 is 0 Å². The van der Waals surface area contributed by atoms with Gasteiger partial charge in [-0.1, -0.05) is 6.07 Å². The van der Waals surface area contributed by atoms with Crippen LogP contribution in [0.2, 0.25) is 0 Å². The Morgan fingerprint density at radius 1 is 1.16 bits per heavy atom. The molecule has 1 aliphatic carbocycles. The number of ketones is 1. The highest BCUT2D eigenvalue weighted by Crippen LogP contribution is 2.47. The Labute approximate surface area is 212 Å². The van der Waals surface area contributed by atoms with E-state index in [4.69, 9.17) is 10.00 Å². The van der Waals surface area contributed by atoms with Gasteiger partial charge in [-0.05, 0) is 55.8 Å². The van der Waals surface area contributed by atoms with Gasteiger partial charge in [0.1, 0.15) is 23.5 Å². The number of carbonyl (C=O) groups is 3. The third-order valence-corrected chi connectivity index (χ3v) is 5.93. The molecule has 1 fully saturated rings. The molecule has 9 nitrogen and oxygen atoms in total. The van der Waals surface area contributed by atoms with Crippen molar-refractivity contribution in [1.82, 2.24) is 10.3 Å². The number of hydrogen-bond donors (Lipinski definition) is 2. The number of urea groups is 1. The summed E-state index contributed by atoms with van der Waals surface area (Å²) in [6.45, 7) is 1.31. The van der Waals surface area contributed by atoms with E-state index in [9.17, 15) is 14.4 Å². The van der Waals surface area contributed by atoms with E-state index in [2.05, 4.69) is 15.6 Å². The van der Waals surface area contributed by atoms with Gasteiger partial charge < -0.3 is 15.0 Å². The molecule has 1 aliphatic rings. The summed E-state index contributed by atoms with van der Waals surface area (Å²) in [5.74, 6) is -2.16. The van der Waals surface area contributed by atoms with E-state index < -0.39 is 29.8 Å². The number of carbonyl (C=O) groups excluding carboxylic acids is 3. The molecule has 4 rings (SSSR count). The van der Waals surface area contributed by atoms with Gasteiger partial charge in [0.15, 0.2) is 5.78 Å². The predicted molar refractivity (Wildman–Crippen MR) is 134 cm³/mol. The quantitative estimate of drug-likeness (QED) is 0.282. The molecule has 37 heavy (non-hydrogen) atoms. The highest BCUT2D eigenvalue weighted by Gasteiger charge is 2.44. The Kier molecular flexibility index (Phi) is 7.15. The Balaban J connectivity index is 1.54. The minimum absolute atomic E-state index is 0.0617. The van der Waals surface area contributed by atoms with E-state index in [-0.39, 0.29) is 34.0 Å². The smallest absolute Gasteiger partial charge is 0.343 e. The summed E-state index contributed by atoms with van der Waals surface area (Å²) in [5, 5.41) is 14.1. The van der Waals surface area contributed by atoms with Gasteiger partial charge in [-0.2, -0.15) is 5.26 Å². The first-order chi connectivity index (χ1) is 17.7. The van der Waals surface area contributed by atoms with Crippen LogP contribution in [0.1, 0.15) is 51.1 Å². The van der Waals surface area contributed by atoms with Crippen LogP contribution < -0.4 is 20.3 Å². The minimum atomic E-state index is -0.729. The van der Waals surface area contributed by atoms with Crippen molar-refractivity contribution >= 4 is 29.3 Å². The molecule has 0 bridgehead atoms. The van der Waals surface area contributed by atoms with Gasteiger partial charge >= 0.3 is 12.0 Å². The van der Waals surface area contributed by atoms with E-state index in [1.165, 1.54) is 31.3 Å². The number of hydrogen-bond acceptors (Lipinski definition) is 7. The van der Waals surface area contributed by atoms with Gasteiger partial charge in [0.2, 0.25) is 0 Å². The number of nitriles is 1. The van der Waals surface area contributed by atoms with Gasteiger partial charge in [-0.3, -0.25) is 10.1 Å². The summed E-state index contributed by atoms with van der Waals surface area (Å²) in [6.07, 6.45) is 1.71. The van der Waals surface area contributed by atoms with Crippen LogP contribution in [0.15, 0.2) is 54.7 Å². The maximum Gasteiger partial charge on any atom is 0.343 e. The summed E-state index contributed by atoms with van der Waals surface area (Å²) in [5.41, 5.74) is 1.51. The Hall–Kier alpha value is -4.78. The average Bonchev–Trinajstić information content (AvgIpc) is 3.62. The molecule has 1 saturated carbocycles. The molecular formula is C27H24FN5O4. The first-order valence-corrected chi connectivity index (χ1v) is 11.4. The SMILES string of the molecule is CC(=O)c1ccc(F)c([C@@H]2C[C@@H]2NC(=O)Nc2ccc(C#N)cn2)c1OC(=O)c1cccc(N(C)C)c1. The number of rotatable bonds is 7. The summed E-state index contributed by atoms with van der Waals surface area (Å²) >= 11 is 0. The van der Waals surface area contributed by atoms with Crippen LogP contribution in [0.4, 0.5) is 20.7 Å². The lowest BCUT2D eigenvalue weighted by Crippen LogP contribution is -2.31. The molecule has 0 unspecified atom stereocenters. The standard InChI is InChI=1S/C27H24FN5O4/c1-15(34)19-8-9-21(28)24(25(19)37-26(35)17-5-4-6-18(11-17)33(2)3)20-12-22(20)31-27(36)32-23-10-7-16(13-29)14-30-23/h4-11,14,20,22H,12H2,1-3H3,(H2,30,31,32,36)/t20-,22+/m1/s1. The number of benzene rings is 2. The number of nitrogens with one attached hydrogen (secondary N) is 2.